The number of hydrogen-bond acceptors (Lipinski definition) is 2. The van der Waals surface area contributed by atoms with Gasteiger partial charge >= 0.3 is 0 Å². The fraction of sp³-hybridized carbons (Fsp3) is 1.00. The lowest BCUT2D eigenvalue weighted by Crippen LogP contribution is -2.29. The summed E-state index contributed by atoms with van der Waals surface area (Å²) < 4.78 is 0. The molecule has 1 rings (SSSR count). The number of hydrogen-bond donors (Lipinski definition) is 1. The molecule has 0 saturated heterocycles. The first-order valence-electron chi connectivity index (χ1n) is 5.20. The van der Waals surface area contributed by atoms with E-state index in [-0.39, 0.29) is 0 Å². The first-order chi connectivity index (χ1) is 5.83. The largest absolute Gasteiger partial charge is 0.328 e. The van der Waals surface area contributed by atoms with Crippen LogP contribution in [0.15, 0.2) is 0 Å². The van der Waals surface area contributed by atoms with E-state index in [1.807, 2.05) is 13.8 Å². The van der Waals surface area contributed by atoms with Gasteiger partial charge in [0, 0.05) is 11.3 Å². The molecule has 0 amide bonds. The Morgan fingerprint density at radius 2 is 2.00 bits per heavy atom. The summed E-state index contributed by atoms with van der Waals surface area (Å²) in [5, 5.41) is 0.869. The predicted octanol–water partition coefficient (Wildman–Crippen LogP) is 3.04. The molecule has 0 radical (unpaired) electrons. The third kappa shape index (κ3) is 5.04. The maximum atomic E-state index is 5.84. The minimum atomic E-state index is 0.498. The van der Waals surface area contributed by atoms with E-state index in [2.05, 4.69) is 18.7 Å². The van der Waals surface area contributed by atoms with Gasteiger partial charge in [0.1, 0.15) is 0 Å². The van der Waals surface area contributed by atoms with Crippen molar-refractivity contribution in [2.45, 2.75) is 57.7 Å². The summed E-state index contributed by atoms with van der Waals surface area (Å²) in [6, 6.07) is 0.498. The van der Waals surface area contributed by atoms with Crippen LogP contribution in [0, 0.1) is 0 Å². The summed E-state index contributed by atoms with van der Waals surface area (Å²) in [5.74, 6) is 1.25. The van der Waals surface area contributed by atoms with E-state index in [1.165, 1.54) is 31.4 Å². The molecule has 0 aromatic heterocycles. The Hall–Kier alpha value is 0.310. The Labute approximate surface area is 81.5 Å². The molecular weight excluding hydrogens is 166 g/mol. The molecule has 1 aliphatic rings. The van der Waals surface area contributed by atoms with E-state index in [1.54, 1.807) is 0 Å². The molecule has 74 valence electrons. The number of rotatable bonds is 2. The third-order valence-corrected chi connectivity index (χ3v) is 3.30. The van der Waals surface area contributed by atoms with E-state index < -0.39 is 0 Å². The quantitative estimate of drug-likeness (QED) is 0.722. The van der Waals surface area contributed by atoms with Crippen LogP contribution in [0.5, 0.6) is 0 Å². The van der Waals surface area contributed by atoms with E-state index in [0.717, 1.165) is 5.25 Å². The van der Waals surface area contributed by atoms with Crippen LogP contribution in [-0.4, -0.2) is 17.0 Å². The Bertz CT molecular complexity index is 93.8. The number of thioether (sulfide) groups is 1. The van der Waals surface area contributed by atoms with Crippen molar-refractivity contribution in [3.8, 4) is 0 Å². The molecule has 0 heterocycles. The first-order valence-corrected chi connectivity index (χ1v) is 6.25. The normalized spacial score (nSPS) is 29.0. The van der Waals surface area contributed by atoms with Crippen LogP contribution >= 0.6 is 11.8 Å². The molecule has 0 aromatic carbocycles. The molecule has 1 nitrogen and oxygen atoms in total. The number of nitrogens with two attached hydrogens (primary N) is 1. The zero-order valence-corrected chi connectivity index (χ0v) is 9.49. The van der Waals surface area contributed by atoms with E-state index in [9.17, 15) is 0 Å². The van der Waals surface area contributed by atoms with Gasteiger partial charge in [-0.3, -0.25) is 0 Å². The topological polar surface area (TPSA) is 26.0 Å². The summed E-state index contributed by atoms with van der Waals surface area (Å²) in [4.78, 5) is 0. The highest BCUT2D eigenvalue weighted by molar-refractivity contribution is 7.99. The average molecular weight is 189 g/mol. The van der Waals surface area contributed by atoms with Crippen molar-refractivity contribution >= 4 is 11.8 Å². The molecule has 0 bridgehead atoms. The van der Waals surface area contributed by atoms with Gasteiger partial charge in [0.2, 0.25) is 0 Å². The highest BCUT2D eigenvalue weighted by Crippen LogP contribution is 2.27. The molecule has 1 aliphatic carbocycles. The minimum Gasteiger partial charge on any atom is -0.328 e. The van der Waals surface area contributed by atoms with Crippen molar-refractivity contribution in [1.82, 2.24) is 0 Å². The zero-order chi connectivity index (χ0) is 9.40. The van der Waals surface area contributed by atoms with Gasteiger partial charge in [-0.1, -0.05) is 27.2 Å². The standard InChI is InChI=1S/C8H17NS.C2H6/c1-2-10-8-5-3-4-7(9)6-8;1-2/h7-8H,2-6,9H2,1H3;1-2H3. The smallest absolute Gasteiger partial charge is 0.00616 e. The van der Waals surface area contributed by atoms with Crippen molar-refractivity contribution in [3.05, 3.63) is 0 Å². The fourth-order valence-corrected chi connectivity index (χ4v) is 2.76. The van der Waals surface area contributed by atoms with Crippen molar-refractivity contribution in [2.75, 3.05) is 5.75 Å². The minimum absolute atomic E-state index is 0.498. The second kappa shape index (κ2) is 7.93. The Balaban J connectivity index is 0.000000561. The molecule has 0 aromatic rings. The van der Waals surface area contributed by atoms with Crippen molar-refractivity contribution < 1.29 is 0 Å². The third-order valence-electron chi connectivity index (χ3n) is 2.07. The molecule has 2 N–H and O–H groups in total. The van der Waals surface area contributed by atoms with Crippen molar-refractivity contribution in [3.63, 3.8) is 0 Å². The summed E-state index contributed by atoms with van der Waals surface area (Å²) in [6.45, 7) is 6.23. The lowest BCUT2D eigenvalue weighted by molar-refractivity contribution is 0.451. The maximum absolute atomic E-state index is 5.84. The van der Waals surface area contributed by atoms with Crippen LogP contribution in [-0.2, 0) is 0 Å². The van der Waals surface area contributed by atoms with Gasteiger partial charge < -0.3 is 5.73 Å². The van der Waals surface area contributed by atoms with Gasteiger partial charge in [-0.2, -0.15) is 11.8 Å². The molecule has 0 aliphatic heterocycles. The van der Waals surface area contributed by atoms with E-state index in [4.69, 9.17) is 5.73 Å². The van der Waals surface area contributed by atoms with Crippen LogP contribution in [0.2, 0.25) is 0 Å². The molecule has 1 saturated carbocycles. The van der Waals surface area contributed by atoms with Gasteiger partial charge in [0.05, 0.1) is 0 Å². The van der Waals surface area contributed by atoms with Crippen LogP contribution in [0.4, 0.5) is 0 Å². The average Bonchev–Trinajstić information content (AvgIpc) is 2.09. The highest BCUT2D eigenvalue weighted by Gasteiger charge is 2.18. The lowest BCUT2D eigenvalue weighted by atomic mass is 9.96. The summed E-state index contributed by atoms with van der Waals surface area (Å²) in [7, 11) is 0. The summed E-state index contributed by atoms with van der Waals surface area (Å²) in [6.07, 6.45) is 5.24. The van der Waals surface area contributed by atoms with Crippen molar-refractivity contribution in [1.29, 1.82) is 0 Å². The maximum Gasteiger partial charge on any atom is 0.00616 e. The van der Waals surface area contributed by atoms with E-state index in [0.29, 0.717) is 6.04 Å². The van der Waals surface area contributed by atoms with Crippen LogP contribution in [0.25, 0.3) is 0 Å². The van der Waals surface area contributed by atoms with Crippen LogP contribution in [0.1, 0.15) is 46.5 Å². The Morgan fingerprint density at radius 1 is 1.33 bits per heavy atom. The monoisotopic (exact) mass is 189 g/mol. The van der Waals surface area contributed by atoms with Gasteiger partial charge in [0.25, 0.3) is 0 Å². The molecule has 1 fully saturated rings. The highest BCUT2D eigenvalue weighted by atomic mass is 32.2. The molecule has 0 spiro atoms. The van der Waals surface area contributed by atoms with Gasteiger partial charge in [-0.15, -0.1) is 0 Å². The predicted molar refractivity (Wildman–Crippen MR) is 59.7 cm³/mol. The molecule has 2 unspecified atom stereocenters. The SMILES string of the molecule is CC.CCSC1CCCC(N)C1. The molecule has 12 heavy (non-hydrogen) atoms. The van der Waals surface area contributed by atoms with Gasteiger partial charge in [-0.05, 0) is 25.0 Å². The van der Waals surface area contributed by atoms with Crippen molar-refractivity contribution in [2.24, 2.45) is 5.73 Å². The lowest BCUT2D eigenvalue weighted by Gasteiger charge is -2.25. The summed E-state index contributed by atoms with van der Waals surface area (Å²) in [5.41, 5.74) is 5.84. The van der Waals surface area contributed by atoms with E-state index >= 15 is 0 Å². The second-order valence-corrected chi connectivity index (χ2v) is 4.58. The van der Waals surface area contributed by atoms with Gasteiger partial charge in [0.15, 0.2) is 0 Å². The summed E-state index contributed by atoms with van der Waals surface area (Å²) >= 11 is 2.08. The van der Waals surface area contributed by atoms with Gasteiger partial charge in [-0.25, -0.2) is 0 Å². The fourth-order valence-electron chi connectivity index (χ4n) is 1.57. The van der Waals surface area contributed by atoms with Crippen LogP contribution < -0.4 is 5.73 Å². The Morgan fingerprint density at radius 3 is 2.50 bits per heavy atom. The zero-order valence-electron chi connectivity index (χ0n) is 8.68. The second-order valence-electron chi connectivity index (χ2n) is 3.00. The van der Waals surface area contributed by atoms with Crippen LogP contribution in [0.3, 0.4) is 0 Å². The molecule has 2 heteroatoms. The Kier molecular flexibility index (Phi) is 8.14. The first kappa shape index (κ1) is 12.3. The molecule has 2 atom stereocenters. The molecular formula is C10H23NS.